The van der Waals surface area contributed by atoms with Gasteiger partial charge in [0, 0.05) is 19.4 Å². The number of rotatable bonds is 7. The molecule has 0 unspecified atom stereocenters. The molecule has 1 N–H and O–H groups in total. The molecule has 0 saturated heterocycles. The minimum atomic E-state index is 0.625. The van der Waals surface area contributed by atoms with E-state index in [-0.39, 0.29) is 0 Å². The SMILES string of the molecule is CCCc1nc2c(C)cccc2n1Cc1ccc(-c2ccccc2)c(Cc2nn[nH]n2)c1. The number of aromatic amines is 1. The molecule has 160 valence electrons. The van der Waals surface area contributed by atoms with Gasteiger partial charge in [0.15, 0.2) is 5.82 Å². The van der Waals surface area contributed by atoms with Gasteiger partial charge in [-0.3, -0.25) is 0 Å². The lowest BCUT2D eigenvalue weighted by Gasteiger charge is -2.14. The normalized spacial score (nSPS) is 11.3. The number of imidazole rings is 1. The minimum Gasteiger partial charge on any atom is -0.323 e. The lowest BCUT2D eigenvalue weighted by molar-refractivity contribution is 0.721. The summed E-state index contributed by atoms with van der Waals surface area (Å²) in [4.78, 5) is 4.98. The van der Waals surface area contributed by atoms with Crippen molar-refractivity contribution in [2.45, 2.75) is 39.7 Å². The molecule has 6 heteroatoms. The van der Waals surface area contributed by atoms with Crippen LogP contribution >= 0.6 is 0 Å². The zero-order chi connectivity index (χ0) is 21.9. The van der Waals surface area contributed by atoms with Crippen molar-refractivity contribution in [3.05, 3.63) is 95.1 Å². The number of tetrazole rings is 1. The summed E-state index contributed by atoms with van der Waals surface area (Å²) in [5.74, 6) is 1.83. The summed E-state index contributed by atoms with van der Waals surface area (Å²) in [6.07, 6.45) is 2.66. The lowest BCUT2D eigenvalue weighted by Crippen LogP contribution is -2.06. The number of hydrogen-bond donors (Lipinski definition) is 1. The molecule has 0 spiro atoms. The molecule has 0 aliphatic carbocycles. The molecule has 0 atom stereocenters. The molecule has 0 fully saturated rings. The molecule has 0 bridgehead atoms. The number of aromatic nitrogens is 6. The highest BCUT2D eigenvalue weighted by atomic mass is 15.5. The Hall–Kier alpha value is -3.80. The van der Waals surface area contributed by atoms with Crippen LogP contribution in [0.2, 0.25) is 0 Å². The van der Waals surface area contributed by atoms with Crippen molar-refractivity contribution >= 4 is 11.0 Å². The average Bonchev–Trinajstić information content (AvgIpc) is 3.44. The third kappa shape index (κ3) is 3.91. The second-order valence-electron chi connectivity index (χ2n) is 8.17. The van der Waals surface area contributed by atoms with E-state index >= 15 is 0 Å². The van der Waals surface area contributed by atoms with E-state index < -0.39 is 0 Å². The first-order valence-electron chi connectivity index (χ1n) is 11.1. The Morgan fingerprint density at radius 1 is 0.969 bits per heavy atom. The predicted molar refractivity (Wildman–Crippen MR) is 126 cm³/mol. The molecule has 0 radical (unpaired) electrons. The van der Waals surface area contributed by atoms with Crippen molar-refractivity contribution in [2.75, 3.05) is 0 Å². The van der Waals surface area contributed by atoms with Gasteiger partial charge in [-0.1, -0.05) is 72.8 Å². The van der Waals surface area contributed by atoms with Crippen molar-refractivity contribution in [1.29, 1.82) is 0 Å². The number of hydrogen-bond acceptors (Lipinski definition) is 4. The van der Waals surface area contributed by atoms with Crippen LogP contribution in [0.5, 0.6) is 0 Å². The molecule has 2 aromatic heterocycles. The maximum atomic E-state index is 4.98. The molecule has 0 amide bonds. The first-order chi connectivity index (χ1) is 15.7. The van der Waals surface area contributed by atoms with Gasteiger partial charge in [0.05, 0.1) is 11.0 Å². The number of para-hydroxylation sites is 1. The number of nitrogens with one attached hydrogen (secondary N) is 1. The highest BCUT2D eigenvalue weighted by Crippen LogP contribution is 2.28. The molecule has 3 aromatic carbocycles. The molecule has 5 rings (SSSR count). The van der Waals surface area contributed by atoms with E-state index in [0.717, 1.165) is 30.7 Å². The Kier molecular flexibility index (Phi) is 5.50. The number of H-pyrrole nitrogens is 1. The maximum absolute atomic E-state index is 4.98. The molecule has 2 heterocycles. The van der Waals surface area contributed by atoms with Gasteiger partial charge in [-0.2, -0.15) is 5.21 Å². The summed E-state index contributed by atoms with van der Waals surface area (Å²) in [6.45, 7) is 5.12. The Morgan fingerprint density at radius 3 is 2.62 bits per heavy atom. The molecular formula is C26H26N6. The molecule has 5 aromatic rings. The minimum absolute atomic E-state index is 0.625. The van der Waals surface area contributed by atoms with E-state index in [1.165, 1.54) is 33.3 Å². The van der Waals surface area contributed by atoms with Crippen molar-refractivity contribution in [2.24, 2.45) is 0 Å². The van der Waals surface area contributed by atoms with E-state index in [4.69, 9.17) is 4.98 Å². The van der Waals surface area contributed by atoms with Gasteiger partial charge < -0.3 is 4.57 Å². The third-order valence-electron chi connectivity index (χ3n) is 5.87. The second kappa shape index (κ2) is 8.75. The van der Waals surface area contributed by atoms with Crippen LogP contribution in [0.3, 0.4) is 0 Å². The van der Waals surface area contributed by atoms with E-state index in [9.17, 15) is 0 Å². The number of fused-ring (bicyclic) bond motifs is 1. The summed E-state index contributed by atoms with van der Waals surface area (Å²) >= 11 is 0. The van der Waals surface area contributed by atoms with Crippen molar-refractivity contribution < 1.29 is 0 Å². The molecule has 0 aliphatic heterocycles. The van der Waals surface area contributed by atoms with Crippen molar-refractivity contribution in [1.82, 2.24) is 30.2 Å². The molecule has 0 aliphatic rings. The average molecular weight is 423 g/mol. The van der Waals surface area contributed by atoms with Crippen LogP contribution in [0, 0.1) is 6.92 Å². The van der Waals surface area contributed by atoms with E-state index in [0.29, 0.717) is 12.2 Å². The van der Waals surface area contributed by atoms with E-state index in [2.05, 4.69) is 99.7 Å². The highest BCUT2D eigenvalue weighted by Gasteiger charge is 2.14. The monoisotopic (exact) mass is 422 g/mol. The third-order valence-corrected chi connectivity index (χ3v) is 5.87. The highest BCUT2D eigenvalue weighted by molar-refractivity contribution is 5.79. The first kappa shape index (κ1) is 20.1. The van der Waals surface area contributed by atoms with Crippen molar-refractivity contribution in [3.8, 4) is 11.1 Å². The Bertz CT molecular complexity index is 1340. The Labute approximate surface area is 187 Å². The van der Waals surface area contributed by atoms with Gasteiger partial charge in [0.25, 0.3) is 0 Å². The van der Waals surface area contributed by atoms with Crippen LogP contribution in [0.4, 0.5) is 0 Å². The van der Waals surface area contributed by atoms with Crippen LogP contribution in [-0.4, -0.2) is 30.2 Å². The fraction of sp³-hybridized carbons (Fsp3) is 0.231. The lowest BCUT2D eigenvalue weighted by atomic mass is 9.95. The fourth-order valence-electron chi connectivity index (χ4n) is 4.33. The second-order valence-corrected chi connectivity index (χ2v) is 8.17. The van der Waals surface area contributed by atoms with Crippen LogP contribution < -0.4 is 0 Å². The fourth-order valence-corrected chi connectivity index (χ4v) is 4.33. The van der Waals surface area contributed by atoms with Crippen molar-refractivity contribution in [3.63, 3.8) is 0 Å². The van der Waals surface area contributed by atoms with E-state index in [1.54, 1.807) is 0 Å². The zero-order valence-corrected chi connectivity index (χ0v) is 18.4. The molecule has 0 saturated carbocycles. The first-order valence-corrected chi connectivity index (χ1v) is 11.1. The predicted octanol–water partition coefficient (Wildman–Crippen LogP) is 5.12. The van der Waals surface area contributed by atoms with Gasteiger partial charge in [0.2, 0.25) is 0 Å². The van der Waals surface area contributed by atoms with Crippen LogP contribution in [-0.2, 0) is 19.4 Å². The number of aryl methyl sites for hydroxylation is 2. The summed E-state index contributed by atoms with van der Waals surface area (Å²) in [6, 6.07) is 23.6. The van der Waals surface area contributed by atoms with Gasteiger partial charge in [-0.05, 0) is 47.2 Å². The van der Waals surface area contributed by atoms with Crippen LogP contribution in [0.15, 0.2) is 66.7 Å². The van der Waals surface area contributed by atoms with Gasteiger partial charge in [-0.15, -0.1) is 10.2 Å². The number of benzene rings is 3. The van der Waals surface area contributed by atoms with E-state index in [1.807, 2.05) is 6.07 Å². The number of nitrogens with zero attached hydrogens (tertiary/aromatic N) is 5. The molecular weight excluding hydrogens is 396 g/mol. The van der Waals surface area contributed by atoms with Crippen LogP contribution in [0.25, 0.3) is 22.2 Å². The molecule has 6 nitrogen and oxygen atoms in total. The standard InChI is InChI=1S/C26H26N6/c1-3-8-25-27-26-18(2)9-7-12-23(26)32(25)17-19-13-14-22(20-10-5-4-6-11-20)21(15-19)16-24-28-30-31-29-24/h4-7,9-15H,3,8,16-17H2,1-2H3,(H,28,29,30,31). The Morgan fingerprint density at radius 2 is 1.84 bits per heavy atom. The van der Waals surface area contributed by atoms with Gasteiger partial charge in [0.1, 0.15) is 5.82 Å². The smallest absolute Gasteiger partial charge is 0.178 e. The van der Waals surface area contributed by atoms with Gasteiger partial charge in [-0.25, -0.2) is 4.98 Å². The van der Waals surface area contributed by atoms with Gasteiger partial charge >= 0.3 is 0 Å². The quantitative estimate of drug-likeness (QED) is 0.395. The van der Waals surface area contributed by atoms with Crippen LogP contribution in [0.1, 0.15) is 41.7 Å². The Balaban J connectivity index is 1.58. The molecule has 32 heavy (non-hydrogen) atoms. The summed E-state index contributed by atoms with van der Waals surface area (Å²) in [5.41, 5.74) is 8.32. The summed E-state index contributed by atoms with van der Waals surface area (Å²) < 4.78 is 2.36. The summed E-state index contributed by atoms with van der Waals surface area (Å²) in [5, 5.41) is 14.7. The zero-order valence-electron chi connectivity index (χ0n) is 18.4. The maximum Gasteiger partial charge on any atom is 0.178 e. The summed E-state index contributed by atoms with van der Waals surface area (Å²) in [7, 11) is 0. The topological polar surface area (TPSA) is 72.3 Å². The largest absolute Gasteiger partial charge is 0.323 e.